The average Bonchev–Trinajstić information content (AvgIpc) is 2.53. The summed E-state index contributed by atoms with van der Waals surface area (Å²) in [7, 11) is 2.16. The van der Waals surface area contributed by atoms with Crippen molar-refractivity contribution in [3.05, 3.63) is 11.9 Å². The molecule has 1 aliphatic rings. The Hall–Kier alpha value is -1.36. The number of nitrogen functional groups attached to an aromatic ring is 1. The molecule has 0 aliphatic carbocycles. The highest BCUT2D eigenvalue weighted by Gasteiger charge is 2.14. The number of aromatic nitrogens is 2. The molecule has 1 aliphatic heterocycles. The number of hydrogen-bond donors (Lipinski definition) is 1. The van der Waals surface area contributed by atoms with Crippen molar-refractivity contribution in [1.29, 1.82) is 0 Å². The molecule has 0 saturated carbocycles. The molecule has 1 fully saturated rings. The van der Waals surface area contributed by atoms with E-state index in [1.165, 1.54) is 6.42 Å². The number of anilines is 2. The molecule has 0 aromatic carbocycles. The smallest absolute Gasteiger partial charge is 0.134 e. The fourth-order valence-corrected chi connectivity index (χ4v) is 2.10. The van der Waals surface area contributed by atoms with Crippen molar-refractivity contribution < 1.29 is 0 Å². The van der Waals surface area contributed by atoms with Gasteiger partial charge in [-0.3, -0.25) is 0 Å². The molecule has 0 unspecified atom stereocenters. The number of hydrogen-bond acceptors (Lipinski definition) is 5. The summed E-state index contributed by atoms with van der Waals surface area (Å²) in [5.74, 6) is 2.38. The average molecular weight is 235 g/mol. The summed E-state index contributed by atoms with van der Waals surface area (Å²) in [4.78, 5) is 13.4. The molecule has 0 atom stereocenters. The molecule has 5 nitrogen and oxygen atoms in total. The summed E-state index contributed by atoms with van der Waals surface area (Å²) in [6.45, 7) is 6.33. The molecule has 17 heavy (non-hydrogen) atoms. The minimum absolute atomic E-state index is 0.574. The maximum atomic E-state index is 5.82. The zero-order valence-electron chi connectivity index (χ0n) is 10.7. The van der Waals surface area contributed by atoms with Gasteiger partial charge in [0, 0.05) is 32.1 Å². The quantitative estimate of drug-likeness (QED) is 0.820. The fourth-order valence-electron chi connectivity index (χ4n) is 2.10. The van der Waals surface area contributed by atoms with E-state index in [9.17, 15) is 0 Å². The van der Waals surface area contributed by atoms with Crippen molar-refractivity contribution in [2.45, 2.75) is 19.8 Å². The first-order valence-electron chi connectivity index (χ1n) is 6.26. The number of rotatable bonds is 2. The first-order valence-corrected chi connectivity index (χ1v) is 6.26. The number of aryl methyl sites for hydroxylation is 1. The monoisotopic (exact) mass is 235 g/mol. The molecule has 0 bridgehead atoms. The van der Waals surface area contributed by atoms with Crippen molar-refractivity contribution in [2.24, 2.45) is 0 Å². The van der Waals surface area contributed by atoms with Gasteiger partial charge >= 0.3 is 0 Å². The molecule has 1 saturated heterocycles. The first kappa shape index (κ1) is 12.1. The van der Waals surface area contributed by atoms with Crippen LogP contribution in [0.4, 0.5) is 11.6 Å². The lowest BCUT2D eigenvalue weighted by molar-refractivity contribution is 0.360. The normalized spacial score (nSPS) is 18.1. The van der Waals surface area contributed by atoms with Crippen LogP contribution in [0.15, 0.2) is 6.07 Å². The Morgan fingerprint density at radius 3 is 2.82 bits per heavy atom. The third-order valence-corrected chi connectivity index (χ3v) is 3.14. The van der Waals surface area contributed by atoms with Crippen LogP contribution in [-0.4, -0.2) is 48.1 Å². The Labute approximate surface area is 103 Å². The third kappa shape index (κ3) is 3.06. The molecule has 94 valence electrons. The van der Waals surface area contributed by atoms with Crippen LogP contribution >= 0.6 is 0 Å². The lowest BCUT2D eigenvalue weighted by Gasteiger charge is -2.22. The van der Waals surface area contributed by atoms with E-state index in [4.69, 9.17) is 5.73 Å². The Bertz CT molecular complexity index is 379. The van der Waals surface area contributed by atoms with E-state index in [0.717, 1.165) is 44.2 Å². The van der Waals surface area contributed by atoms with Gasteiger partial charge in [0.1, 0.15) is 17.5 Å². The number of likely N-dealkylation sites (N-methyl/N-ethyl adjacent to an activating group) is 1. The summed E-state index contributed by atoms with van der Waals surface area (Å²) in [6.07, 6.45) is 1.99. The molecule has 2 heterocycles. The fraction of sp³-hybridized carbons (Fsp3) is 0.667. The van der Waals surface area contributed by atoms with Gasteiger partial charge < -0.3 is 15.5 Å². The maximum absolute atomic E-state index is 5.82. The standard InChI is InChI=1S/C12H21N5/c1-3-11-14-10(13)9-12(15-11)17-6-4-5-16(2)7-8-17/h9H,3-8H2,1-2H3,(H2,13,14,15). The third-order valence-electron chi connectivity index (χ3n) is 3.14. The van der Waals surface area contributed by atoms with Crippen LogP contribution in [0, 0.1) is 0 Å². The summed E-state index contributed by atoms with van der Waals surface area (Å²) in [5.41, 5.74) is 5.82. The van der Waals surface area contributed by atoms with Gasteiger partial charge in [-0.25, -0.2) is 9.97 Å². The van der Waals surface area contributed by atoms with Crippen molar-refractivity contribution in [1.82, 2.24) is 14.9 Å². The van der Waals surface area contributed by atoms with Crippen molar-refractivity contribution in [3.63, 3.8) is 0 Å². The van der Waals surface area contributed by atoms with Gasteiger partial charge in [-0.1, -0.05) is 6.92 Å². The molecule has 2 N–H and O–H groups in total. The van der Waals surface area contributed by atoms with Crippen LogP contribution in [0.25, 0.3) is 0 Å². The number of nitrogens with two attached hydrogens (primary N) is 1. The van der Waals surface area contributed by atoms with Gasteiger partial charge in [0.05, 0.1) is 0 Å². The van der Waals surface area contributed by atoms with Gasteiger partial charge in [-0.2, -0.15) is 0 Å². The van der Waals surface area contributed by atoms with Crippen LogP contribution in [0.3, 0.4) is 0 Å². The van der Waals surface area contributed by atoms with Crippen molar-refractivity contribution in [2.75, 3.05) is 43.9 Å². The molecule has 0 amide bonds. The second kappa shape index (κ2) is 5.31. The van der Waals surface area contributed by atoms with E-state index < -0.39 is 0 Å². The molecular weight excluding hydrogens is 214 g/mol. The van der Waals surface area contributed by atoms with Gasteiger partial charge in [-0.15, -0.1) is 0 Å². The van der Waals surface area contributed by atoms with Gasteiger partial charge in [0.25, 0.3) is 0 Å². The Morgan fingerprint density at radius 2 is 2.06 bits per heavy atom. The lowest BCUT2D eigenvalue weighted by Crippen LogP contribution is -2.29. The second-order valence-electron chi connectivity index (χ2n) is 4.56. The minimum atomic E-state index is 0.574. The Balaban J connectivity index is 2.17. The molecule has 0 radical (unpaired) electrons. The zero-order chi connectivity index (χ0) is 12.3. The molecular formula is C12H21N5. The van der Waals surface area contributed by atoms with Crippen LogP contribution in [0.2, 0.25) is 0 Å². The predicted octanol–water partition coefficient (Wildman–Crippen LogP) is 0.763. The van der Waals surface area contributed by atoms with Crippen molar-refractivity contribution >= 4 is 11.6 Å². The van der Waals surface area contributed by atoms with E-state index in [0.29, 0.717) is 5.82 Å². The first-order chi connectivity index (χ1) is 8.19. The van der Waals surface area contributed by atoms with Crippen LogP contribution in [-0.2, 0) is 6.42 Å². The number of nitrogens with zero attached hydrogens (tertiary/aromatic N) is 4. The lowest BCUT2D eigenvalue weighted by atomic mass is 10.3. The summed E-state index contributed by atoms with van der Waals surface area (Å²) in [6, 6.07) is 1.88. The van der Waals surface area contributed by atoms with E-state index in [1.807, 2.05) is 6.07 Å². The van der Waals surface area contributed by atoms with Gasteiger partial charge in [-0.05, 0) is 20.0 Å². The van der Waals surface area contributed by atoms with Crippen LogP contribution < -0.4 is 10.6 Å². The largest absolute Gasteiger partial charge is 0.384 e. The minimum Gasteiger partial charge on any atom is -0.384 e. The molecule has 5 heteroatoms. The maximum Gasteiger partial charge on any atom is 0.134 e. The summed E-state index contributed by atoms with van der Waals surface area (Å²) in [5, 5.41) is 0. The van der Waals surface area contributed by atoms with Crippen molar-refractivity contribution in [3.8, 4) is 0 Å². The van der Waals surface area contributed by atoms with Gasteiger partial charge in [0.2, 0.25) is 0 Å². The van der Waals surface area contributed by atoms with E-state index >= 15 is 0 Å². The van der Waals surface area contributed by atoms with E-state index in [-0.39, 0.29) is 0 Å². The zero-order valence-corrected chi connectivity index (χ0v) is 10.7. The second-order valence-corrected chi connectivity index (χ2v) is 4.56. The van der Waals surface area contributed by atoms with Crippen LogP contribution in [0.1, 0.15) is 19.2 Å². The summed E-state index contributed by atoms with van der Waals surface area (Å²) >= 11 is 0. The van der Waals surface area contributed by atoms with E-state index in [2.05, 4.69) is 33.7 Å². The highest BCUT2D eigenvalue weighted by molar-refractivity contribution is 5.47. The topological polar surface area (TPSA) is 58.3 Å². The Morgan fingerprint density at radius 1 is 1.24 bits per heavy atom. The summed E-state index contributed by atoms with van der Waals surface area (Å²) < 4.78 is 0. The predicted molar refractivity (Wildman–Crippen MR) is 70.1 cm³/mol. The molecule has 1 aromatic heterocycles. The highest BCUT2D eigenvalue weighted by Crippen LogP contribution is 2.16. The van der Waals surface area contributed by atoms with Crippen LogP contribution in [0.5, 0.6) is 0 Å². The SMILES string of the molecule is CCc1nc(N)cc(N2CCCN(C)CC2)n1. The van der Waals surface area contributed by atoms with E-state index in [1.54, 1.807) is 0 Å². The molecule has 0 spiro atoms. The Kier molecular flexibility index (Phi) is 3.78. The molecule has 2 rings (SSSR count). The molecule has 1 aromatic rings. The highest BCUT2D eigenvalue weighted by atomic mass is 15.2. The van der Waals surface area contributed by atoms with Gasteiger partial charge in [0.15, 0.2) is 0 Å².